The maximum Gasteiger partial charge on any atom is 0.302 e. The molecule has 1 saturated heterocycles. The number of hydrogen-bond acceptors (Lipinski definition) is 10. The van der Waals surface area contributed by atoms with Crippen molar-refractivity contribution in [3.8, 4) is 22.5 Å². The average Bonchev–Trinajstić information content (AvgIpc) is 4.00. The summed E-state index contributed by atoms with van der Waals surface area (Å²) in [5, 5.41) is 8.51. The van der Waals surface area contributed by atoms with Gasteiger partial charge in [-0.25, -0.2) is 10.4 Å². The molecule has 2 N–H and O–H groups in total. The number of pyridine rings is 1. The number of likely N-dealkylation sites (N-methyl/N-ethyl adjacent to an activating group) is 1. The van der Waals surface area contributed by atoms with E-state index in [1.165, 1.54) is 30.1 Å². The van der Waals surface area contributed by atoms with Gasteiger partial charge < -0.3 is 24.3 Å². The van der Waals surface area contributed by atoms with Gasteiger partial charge in [-0.15, -0.1) is 11.3 Å². The minimum Gasteiger partial charge on any atom is -0.465 e. The zero-order valence-electron chi connectivity index (χ0n) is 35.9. The second-order valence-corrected chi connectivity index (χ2v) is 17.8. The second kappa shape index (κ2) is 19.2. The Labute approximate surface area is 352 Å². The number of thiazole rings is 1. The van der Waals surface area contributed by atoms with Gasteiger partial charge in [0.1, 0.15) is 12.1 Å². The van der Waals surface area contributed by atoms with E-state index in [0.717, 1.165) is 88.2 Å². The number of nitrogens with one attached hydrogen (secondary N) is 2. The van der Waals surface area contributed by atoms with Crippen molar-refractivity contribution >= 4 is 45.9 Å². The topological polar surface area (TPSA) is 148 Å². The first kappa shape index (κ1) is 43.9. The molecule has 3 amide bonds. The molecule has 318 valence electrons. The van der Waals surface area contributed by atoms with Gasteiger partial charge >= 0.3 is 5.97 Å². The van der Waals surface area contributed by atoms with Crippen molar-refractivity contribution in [1.82, 2.24) is 35.2 Å². The number of esters is 1. The van der Waals surface area contributed by atoms with Crippen LogP contribution in [0.4, 0.5) is 0 Å². The zero-order chi connectivity index (χ0) is 42.4. The molecule has 1 aromatic carbocycles. The number of hydrogen-bond donors (Lipinski definition) is 2. The molecule has 1 aliphatic carbocycles. The Bertz CT molecular complexity index is 2130. The van der Waals surface area contributed by atoms with Gasteiger partial charge in [0.15, 0.2) is 0 Å². The molecule has 2 aliphatic rings. The van der Waals surface area contributed by atoms with Crippen LogP contribution < -0.4 is 10.7 Å². The third-order valence-corrected chi connectivity index (χ3v) is 12.8. The van der Waals surface area contributed by atoms with Crippen molar-refractivity contribution in [3.63, 3.8) is 0 Å². The lowest BCUT2D eigenvalue weighted by Gasteiger charge is -2.34. The Kier molecular flexibility index (Phi) is 14.3. The maximum atomic E-state index is 14.1. The van der Waals surface area contributed by atoms with Gasteiger partial charge in [-0.3, -0.25) is 29.2 Å². The summed E-state index contributed by atoms with van der Waals surface area (Å²) >= 11 is 1.46. The maximum absolute atomic E-state index is 14.1. The largest absolute Gasteiger partial charge is 0.465 e. The van der Waals surface area contributed by atoms with Crippen LogP contribution in [-0.2, 0) is 48.0 Å². The van der Waals surface area contributed by atoms with Crippen molar-refractivity contribution in [2.24, 2.45) is 11.3 Å². The minimum atomic E-state index is -0.866. The van der Waals surface area contributed by atoms with Crippen molar-refractivity contribution in [1.29, 1.82) is 0 Å². The molecule has 4 aromatic rings. The monoisotopic (exact) mass is 827 g/mol. The van der Waals surface area contributed by atoms with Gasteiger partial charge in [0.05, 0.1) is 34.8 Å². The number of methoxy groups -OCH3 is 1. The molecule has 1 saturated carbocycles. The molecular formula is C45H61N7O6S. The summed E-state index contributed by atoms with van der Waals surface area (Å²) < 4.78 is 13.7. The van der Waals surface area contributed by atoms with Crippen LogP contribution in [0.2, 0.25) is 0 Å². The van der Waals surface area contributed by atoms with Gasteiger partial charge in [0.2, 0.25) is 11.8 Å². The highest BCUT2D eigenvalue weighted by molar-refractivity contribution is 7.10. The quantitative estimate of drug-likeness (QED) is 0.115. The van der Waals surface area contributed by atoms with E-state index in [9.17, 15) is 19.2 Å². The second-order valence-electron chi connectivity index (χ2n) is 16.9. The fourth-order valence-electron chi connectivity index (χ4n) is 8.69. The predicted octanol–water partition coefficient (Wildman–Crippen LogP) is 6.88. The van der Waals surface area contributed by atoms with Gasteiger partial charge in [0.25, 0.3) is 5.91 Å². The van der Waals surface area contributed by atoms with Gasteiger partial charge in [-0.2, -0.15) is 0 Å². The zero-order valence-corrected chi connectivity index (χ0v) is 36.7. The third-order valence-electron chi connectivity index (χ3n) is 11.9. The van der Waals surface area contributed by atoms with E-state index >= 15 is 0 Å². The van der Waals surface area contributed by atoms with Crippen molar-refractivity contribution < 1.29 is 28.7 Å². The lowest BCUT2D eigenvalue weighted by atomic mass is 9.84. The summed E-state index contributed by atoms with van der Waals surface area (Å²) in [4.78, 5) is 64.1. The number of ether oxygens (including phenoxy) is 2. The van der Waals surface area contributed by atoms with Crippen LogP contribution in [0.25, 0.3) is 33.4 Å². The first-order valence-corrected chi connectivity index (χ1v) is 21.9. The summed E-state index contributed by atoms with van der Waals surface area (Å²) in [6, 6.07) is 8.94. The number of carbonyl (C=O) groups excluding carboxylic acids is 4. The number of amides is 3. The van der Waals surface area contributed by atoms with Crippen molar-refractivity contribution in [2.75, 3.05) is 33.9 Å². The molecule has 1 aliphatic heterocycles. The third kappa shape index (κ3) is 10.0. The summed E-state index contributed by atoms with van der Waals surface area (Å²) in [5.41, 5.74) is 9.58. The Morgan fingerprint density at radius 1 is 1.10 bits per heavy atom. The SMILES string of the molecule is CCn1c(-c2cccnc2[C@H](C)OC)c(CC(C)(C)COC(C)=O)c2cc(-c3csc(C[C@H](NC(=O)[C@H](C4CCCC4)N(C)C(C)=O)C(=O)N4CCCCN4)n3)ccc21. The number of carbonyl (C=O) groups is 4. The normalized spacial score (nSPS) is 16.5. The summed E-state index contributed by atoms with van der Waals surface area (Å²) in [6.07, 6.45) is 8.00. The molecule has 0 radical (unpaired) electrons. The van der Waals surface area contributed by atoms with Crippen LogP contribution in [-0.4, -0.2) is 94.1 Å². The van der Waals surface area contributed by atoms with E-state index in [2.05, 4.69) is 60.3 Å². The average molecular weight is 828 g/mol. The standard InChI is InChI=1S/C45H61N7O6S/c1-9-51-38-19-18-32(23-34(38)35(25-45(5,6)27-58-30(4)54)42(51)33-17-14-20-46-40(33)28(2)57-8)37-26-59-39(48-37)24-36(44(56)52-22-13-12-21-47-52)49-43(55)41(50(7)29(3)53)31-15-10-11-16-31/h14,17-20,23,26,28,31,36,41,47H,9-13,15-16,21-22,24-25,27H2,1-8H3,(H,49,55)/t28-,36-,41-/m0/s1. The van der Waals surface area contributed by atoms with E-state index in [1.54, 1.807) is 25.4 Å². The van der Waals surface area contributed by atoms with E-state index in [1.807, 2.05) is 18.4 Å². The number of aromatic nitrogens is 3. The van der Waals surface area contributed by atoms with Crippen LogP contribution in [0.15, 0.2) is 41.9 Å². The van der Waals surface area contributed by atoms with Crippen LogP contribution in [0.5, 0.6) is 0 Å². The highest BCUT2D eigenvalue weighted by Gasteiger charge is 2.38. The van der Waals surface area contributed by atoms with E-state index in [0.29, 0.717) is 26.1 Å². The molecule has 3 atom stereocenters. The van der Waals surface area contributed by atoms with E-state index < -0.39 is 17.5 Å². The molecular weight excluding hydrogens is 767 g/mol. The lowest BCUT2D eigenvalue weighted by Crippen LogP contribution is -2.59. The Hall–Kier alpha value is -4.66. The first-order chi connectivity index (χ1) is 28.2. The number of benzene rings is 1. The number of hydrazine groups is 1. The molecule has 0 unspecified atom stereocenters. The summed E-state index contributed by atoms with van der Waals surface area (Å²) in [5.74, 6) is -0.959. The van der Waals surface area contributed by atoms with E-state index in [-0.39, 0.29) is 48.7 Å². The number of aryl methyl sites for hydroxylation is 1. The number of fused-ring (bicyclic) bond motifs is 1. The van der Waals surface area contributed by atoms with Crippen LogP contribution in [0.1, 0.15) is 102 Å². The fourth-order valence-corrected chi connectivity index (χ4v) is 9.54. The fraction of sp³-hybridized carbons (Fsp3) is 0.556. The summed E-state index contributed by atoms with van der Waals surface area (Å²) in [6.45, 7) is 13.5. The highest BCUT2D eigenvalue weighted by Crippen LogP contribution is 2.42. The van der Waals surface area contributed by atoms with Crippen LogP contribution in [0, 0.1) is 11.3 Å². The molecule has 6 rings (SSSR count). The Morgan fingerprint density at radius 2 is 1.86 bits per heavy atom. The smallest absolute Gasteiger partial charge is 0.302 e. The Balaban J connectivity index is 1.38. The molecule has 4 heterocycles. The van der Waals surface area contributed by atoms with Gasteiger partial charge in [-0.05, 0) is 81.7 Å². The predicted molar refractivity (Wildman–Crippen MR) is 230 cm³/mol. The molecule has 2 fully saturated rings. The van der Waals surface area contributed by atoms with Crippen molar-refractivity contribution in [2.45, 2.75) is 118 Å². The van der Waals surface area contributed by atoms with Crippen molar-refractivity contribution in [3.05, 3.63) is 58.2 Å². The highest BCUT2D eigenvalue weighted by atomic mass is 32.1. The molecule has 59 heavy (non-hydrogen) atoms. The van der Waals surface area contributed by atoms with Gasteiger partial charge in [0, 0.05) is 93.1 Å². The minimum absolute atomic E-state index is 0.0440. The van der Waals surface area contributed by atoms with Crippen LogP contribution >= 0.6 is 11.3 Å². The molecule has 14 heteroatoms. The molecule has 0 spiro atoms. The number of nitrogens with zero attached hydrogens (tertiary/aromatic N) is 5. The Morgan fingerprint density at radius 3 is 2.53 bits per heavy atom. The summed E-state index contributed by atoms with van der Waals surface area (Å²) in [7, 11) is 3.37. The number of rotatable bonds is 16. The van der Waals surface area contributed by atoms with Crippen LogP contribution in [0.3, 0.4) is 0 Å². The lowest BCUT2D eigenvalue weighted by molar-refractivity contribution is -0.144. The van der Waals surface area contributed by atoms with E-state index in [4.69, 9.17) is 19.4 Å². The molecule has 3 aromatic heterocycles. The van der Waals surface area contributed by atoms with Gasteiger partial charge in [-0.1, -0.05) is 32.8 Å². The molecule has 0 bridgehead atoms. The molecule has 13 nitrogen and oxygen atoms in total. The first-order valence-electron chi connectivity index (χ1n) is 21.0.